The molecule has 0 saturated heterocycles. The molecule has 0 aliphatic carbocycles. The zero-order chi connectivity index (χ0) is 8.69. The zero-order valence-electron chi connectivity index (χ0n) is 6.97. The number of amides is 1. The third-order valence-corrected chi connectivity index (χ3v) is 1.50. The van der Waals surface area contributed by atoms with Gasteiger partial charge in [-0.25, -0.2) is 0 Å². The number of allylic oxidation sites excluding steroid dienone is 1. The van der Waals surface area contributed by atoms with Crippen LogP contribution in [0.2, 0.25) is 0 Å². The first kappa shape index (κ1) is 10.2. The molecule has 0 atom stereocenters. The van der Waals surface area contributed by atoms with E-state index < -0.39 is 0 Å². The molecular formula is C8H16N2O. The van der Waals surface area contributed by atoms with Crippen molar-refractivity contribution in [3.05, 3.63) is 11.6 Å². The van der Waals surface area contributed by atoms with Crippen molar-refractivity contribution in [3.8, 4) is 0 Å². The van der Waals surface area contributed by atoms with E-state index in [0.29, 0.717) is 12.1 Å². The van der Waals surface area contributed by atoms with E-state index in [0.717, 1.165) is 19.3 Å². The summed E-state index contributed by atoms with van der Waals surface area (Å²) in [7, 11) is 0. The number of carbonyl (C=O) groups excluding carboxylic acids is 1. The van der Waals surface area contributed by atoms with E-state index in [1.165, 1.54) is 0 Å². The fraction of sp³-hybridized carbons (Fsp3) is 0.625. The molecule has 3 heteroatoms. The van der Waals surface area contributed by atoms with Gasteiger partial charge in [0.05, 0.1) is 0 Å². The lowest BCUT2D eigenvalue weighted by atomic mass is 10.2. The molecule has 0 unspecified atom stereocenters. The van der Waals surface area contributed by atoms with E-state index in [4.69, 9.17) is 11.5 Å². The first-order chi connectivity index (χ1) is 5.18. The van der Waals surface area contributed by atoms with E-state index in [2.05, 4.69) is 0 Å². The molecule has 0 saturated carbocycles. The largest absolute Gasteiger partial charge is 0.366 e. The fourth-order valence-electron chi connectivity index (χ4n) is 0.708. The Kier molecular flexibility index (Phi) is 5.47. The van der Waals surface area contributed by atoms with Crippen molar-refractivity contribution >= 4 is 5.91 Å². The second kappa shape index (κ2) is 5.92. The molecule has 0 aliphatic heterocycles. The molecular weight excluding hydrogens is 140 g/mol. The highest BCUT2D eigenvalue weighted by molar-refractivity contribution is 5.91. The van der Waals surface area contributed by atoms with Crippen molar-refractivity contribution in [1.29, 1.82) is 0 Å². The highest BCUT2D eigenvalue weighted by atomic mass is 16.1. The summed E-state index contributed by atoms with van der Waals surface area (Å²) in [6.45, 7) is 2.44. The minimum absolute atomic E-state index is 0.335. The fourth-order valence-corrected chi connectivity index (χ4v) is 0.708. The smallest absolute Gasteiger partial charge is 0.244 e. The van der Waals surface area contributed by atoms with Crippen molar-refractivity contribution in [2.75, 3.05) is 6.54 Å². The van der Waals surface area contributed by atoms with E-state index in [1.54, 1.807) is 6.92 Å². The second-order valence-electron chi connectivity index (χ2n) is 2.54. The normalized spacial score (nSPS) is 11.6. The third kappa shape index (κ3) is 5.61. The van der Waals surface area contributed by atoms with Crippen molar-refractivity contribution in [2.45, 2.75) is 26.2 Å². The molecule has 0 bridgehead atoms. The van der Waals surface area contributed by atoms with Crippen LogP contribution < -0.4 is 11.5 Å². The Hall–Kier alpha value is -0.830. The molecule has 0 rings (SSSR count). The lowest BCUT2D eigenvalue weighted by Crippen LogP contribution is -2.11. The van der Waals surface area contributed by atoms with Gasteiger partial charge in [-0.05, 0) is 32.7 Å². The van der Waals surface area contributed by atoms with Gasteiger partial charge in [0, 0.05) is 5.57 Å². The Morgan fingerprint density at radius 3 is 2.55 bits per heavy atom. The standard InChI is InChI=1S/C8H16N2O/c1-7(8(10)11)5-3-2-4-6-9/h5H,2-4,6,9H2,1H3,(H2,10,11)/b7-5+. The summed E-state index contributed by atoms with van der Waals surface area (Å²) in [6.07, 6.45) is 4.79. The first-order valence-corrected chi connectivity index (χ1v) is 3.85. The highest BCUT2D eigenvalue weighted by Gasteiger charge is 1.94. The maximum Gasteiger partial charge on any atom is 0.244 e. The average Bonchev–Trinajstić information content (AvgIpc) is 1.97. The van der Waals surface area contributed by atoms with Crippen LogP contribution in [-0.4, -0.2) is 12.5 Å². The van der Waals surface area contributed by atoms with Crippen LogP contribution in [0.5, 0.6) is 0 Å². The van der Waals surface area contributed by atoms with Crippen molar-refractivity contribution in [1.82, 2.24) is 0 Å². The lowest BCUT2D eigenvalue weighted by molar-refractivity contribution is -0.114. The van der Waals surface area contributed by atoms with Crippen LogP contribution in [0.15, 0.2) is 11.6 Å². The molecule has 0 aromatic rings. The molecule has 0 aromatic heterocycles. The number of hydrogen-bond acceptors (Lipinski definition) is 2. The maximum atomic E-state index is 10.5. The summed E-state index contributed by atoms with van der Waals surface area (Å²) in [5.74, 6) is -0.335. The van der Waals surface area contributed by atoms with Gasteiger partial charge in [-0.15, -0.1) is 0 Å². The van der Waals surface area contributed by atoms with Crippen molar-refractivity contribution in [3.63, 3.8) is 0 Å². The van der Waals surface area contributed by atoms with Gasteiger partial charge < -0.3 is 11.5 Å². The predicted octanol–water partition coefficient (Wildman–Crippen LogP) is 0.547. The Morgan fingerprint density at radius 1 is 1.45 bits per heavy atom. The molecule has 64 valence electrons. The maximum absolute atomic E-state index is 10.5. The molecule has 0 fully saturated rings. The SMILES string of the molecule is C/C(=C\CCCCN)C(N)=O. The quantitative estimate of drug-likeness (QED) is 0.450. The van der Waals surface area contributed by atoms with Crippen LogP contribution in [0.25, 0.3) is 0 Å². The molecule has 0 radical (unpaired) electrons. The lowest BCUT2D eigenvalue weighted by Gasteiger charge is -1.94. The predicted molar refractivity (Wildman–Crippen MR) is 45.9 cm³/mol. The van der Waals surface area contributed by atoms with Gasteiger partial charge >= 0.3 is 0 Å². The van der Waals surface area contributed by atoms with Crippen LogP contribution >= 0.6 is 0 Å². The third-order valence-electron chi connectivity index (χ3n) is 1.50. The Bertz CT molecular complexity index is 152. The van der Waals surface area contributed by atoms with Gasteiger partial charge in [0.15, 0.2) is 0 Å². The number of carbonyl (C=O) groups is 1. The summed E-state index contributed by atoms with van der Waals surface area (Å²) in [4.78, 5) is 10.5. The molecule has 3 nitrogen and oxygen atoms in total. The summed E-state index contributed by atoms with van der Waals surface area (Å²) in [5.41, 5.74) is 11.0. The molecule has 4 N–H and O–H groups in total. The molecule has 0 aliphatic rings. The minimum atomic E-state index is -0.335. The van der Waals surface area contributed by atoms with Gasteiger partial charge in [0.25, 0.3) is 0 Å². The highest BCUT2D eigenvalue weighted by Crippen LogP contribution is 1.99. The van der Waals surface area contributed by atoms with Crippen LogP contribution in [-0.2, 0) is 4.79 Å². The molecule has 0 heterocycles. The summed E-state index contributed by atoms with van der Waals surface area (Å²) < 4.78 is 0. The zero-order valence-corrected chi connectivity index (χ0v) is 6.97. The minimum Gasteiger partial charge on any atom is -0.366 e. The number of rotatable bonds is 5. The summed E-state index contributed by atoms with van der Waals surface area (Å²) in [6, 6.07) is 0. The van der Waals surface area contributed by atoms with Crippen molar-refractivity contribution in [2.24, 2.45) is 11.5 Å². The van der Waals surface area contributed by atoms with Gasteiger partial charge in [-0.2, -0.15) is 0 Å². The van der Waals surface area contributed by atoms with E-state index >= 15 is 0 Å². The first-order valence-electron chi connectivity index (χ1n) is 3.85. The molecule has 11 heavy (non-hydrogen) atoms. The molecule has 0 spiro atoms. The van der Waals surface area contributed by atoms with Gasteiger partial charge in [0.2, 0.25) is 5.91 Å². The summed E-state index contributed by atoms with van der Waals surface area (Å²) in [5, 5.41) is 0. The average molecular weight is 156 g/mol. The van der Waals surface area contributed by atoms with Crippen LogP contribution in [0.4, 0.5) is 0 Å². The van der Waals surface area contributed by atoms with Crippen LogP contribution in [0.1, 0.15) is 26.2 Å². The van der Waals surface area contributed by atoms with E-state index in [1.807, 2.05) is 6.08 Å². The van der Waals surface area contributed by atoms with E-state index in [-0.39, 0.29) is 5.91 Å². The number of unbranched alkanes of at least 4 members (excludes halogenated alkanes) is 2. The monoisotopic (exact) mass is 156 g/mol. The molecule has 1 amide bonds. The van der Waals surface area contributed by atoms with Gasteiger partial charge in [-0.1, -0.05) is 6.08 Å². The van der Waals surface area contributed by atoms with Gasteiger partial charge in [-0.3, -0.25) is 4.79 Å². The second-order valence-corrected chi connectivity index (χ2v) is 2.54. The Labute approximate surface area is 67.4 Å². The number of hydrogen-bond donors (Lipinski definition) is 2. The van der Waals surface area contributed by atoms with Gasteiger partial charge in [0.1, 0.15) is 0 Å². The van der Waals surface area contributed by atoms with Crippen molar-refractivity contribution < 1.29 is 4.79 Å². The molecule has 0 aromatic carbocycles. The van der Waals surface area contributed by atoms with Crippen LogP contribution in [0, 0.1) is 0 Å². The summed E-state index contributed by atoms with van der Waals surface area (Å²) >= 11 is 0. The topological polar surface area (TPSA) is 69.1 Å². The van der Waals surface area contributed by atoms with E-state index in [9.17, 15) is 4.79 Å². The number of nitrogens with two attached hydrogens (primary N) is 2. The Morgan fingerprint density at radius 2 is 2.09 bits per heavy atom. The Balaban J connectivity index is 3.48. The number of primary amides is 1. The van der Waals surface area contributed by atoms with Crippen LogP contribution in [0.3, 0.4) is 0 Å².